The predicted octanol–water partition coefficient (Wildman–Crippen LogP) is 3.39. The normalized spacial score (nSPS) is 12.2. The standard InChI is InChI=1S/C22H24N4O2/c1-14(15-10-12-16(13-11-15)22(2,3)4)23-24-20(27)19-17-8-6-7-9-18(17)21(28)26(5)25-19/h6-13H,1-5H3,(H,24,27)/b23-14+. The predicted molar refractivity (Wildman–Crippen MR) is 112 cm³/mol. The quantitative estimate of drug-likeness (QED) is 0.562. The van der Waals surface area contributed by atoms with Crippen LogP contribution in [0, 0.1) is 0 Å². The molecule has 0 aliphatic rings. The topological polar surface area (TPSA) is 76.3 Å². The molecule has 0 bridgehead atoms. The Hall–Kier alpha value is -3.28. The zero-order valence-corrected chi connectivity index (χ0v) is 16.8. The van der Waals surface area contributed by atoms with E-state index in [2.05, 4.69) is 48.5 Å². The Kier molecular flexibility index (Phi) is 5.14. The van der Waals surface area contributed by atoms with Gasteiger partial charge in [0.2, 0.25) is 0 Å². The molecular weight excluding hydrogens is 352 g/mol. The van der Waals surface area contributed by atoms with E-state index in [1.54, 1.807) is 24.3 Å². The Balaban J connectivity index is 1.87. The van der Waals surface area contributed by atoms with Crippen LogP contribution >= 0.6 is 0 Å². The molecule has 0 saturated carbocycles. The van der Waals surface area contributed by atoms with Crippen LogP contribution in [0.15, 0.2) is 58.4 Å². The van der Waals surface area contributed by atoms with Gasteiger partial charge >= 0.3 is 0 Å². The van der Waals surface area contributed by atoms with E-state index in [9.17, 15) is 9.59 Å². The second-order valence-corrected chi connectivity index (χ2v) is 7.79. The largest absolute Gasteiger partial charge is 0.292 e. The number of hydrogen-bond donors (Lipinski definition) is 1. The molecule has 6 nitrogen and oxygen atoms in total. The van der Waals surface area contributed by atoms with Gasteiger partial charge in [0, 0.05) is 12.4 Å². The third-order valence-corrected chi connectivity index (χ3v) is 4.67. The lowest BCUT2D eigenvalue weighted by atomic mass is 9.86. The van der Waals surface area contributed by atoms with Gasteiger partial charge in [0.15, 0.2) is 5.69 Å². The first kappa shape index (κ1) is 19.5. The second kappa shape index (κ2) is 7.38. The Morgan fingerprint density at radius 2 is 1.64 bits per heavy atom. The number of nitrogens with zero attached hydrogens (tertiary/aromatic N) is 3. The van der Waals surface area contributed by atoms with Crippen LogP contribution in [0.5, 0.6) is 0 Å². The van der Waals surface area contributed by atoms with Crippen molar-refractivity contribution in [2.75, 3.05) is 0 Å². The van der Waals surface area contributed by atoms with Crippen molar-refractivity contribution in [2.24, 2.45) is 12.1 Å². The van der Waals surface area contributed by atoms with Crippen molar-refractivity contribution >= 4 is 22.4 Å². The summed E-state index contributed by atoms with van der Waals surface area (Å²) in [5, 5.41) is 9.28. The van der Waals surface area contributed by atoms with Crippen LogP contribution in [-0.2, 0) is 12.5 Å². The molecule has 0 unspecified atom stereocenters. The summed E-state index contributed by atoms with van der Waals surface area (Å²) < 4.78 is 1.17. The highest BCUT2D eigenvalue weighted by molar-refractivity contribution is 6.06. The van der Waals surface area contributed by atoms with E-state index in [0.29, 0.717) is 16.5 Å². The van der Waals surface area contributed by atoms with Gasteiger partial charge in [-0.2, -0.15) is 10.2 Å². The number of hydrogen-bond acceptors (Lipinski definition) is 4. The van der Waals surface area contributed by atoms with Gasteiger partial charge in [-0.15, -0.1) is 0 Å². The highest BCUT2D eigenvalue weighted by Gasteiger charge is 2.16. The van der Waals surface area contributed by atoms with Crippen molar-refractivity contribution in [1.29, 1.82) is 0 Å². The smallest absolute Gasteiger partial charge is 0.267 e. The monoisotopic (exact) mass is 376 g/mol. The van der Waals surface area contributed by atoms with Crippen LogP contribution in [0.2, 0.25) is 0 Å². The maximum absolute atomic E-state index is 12.6. The Morgan fingerprint density at radius 1 is 1.04 bits per heavy atom. The number of benzene rings is 2. The third kappa shape index (κ3) is 3.86. The Labute approximate surface area is 163 Å². The van der Waals surface area contributed by atoms with Crippen LogP contribution < -0.4 is 11.0 Å². The fourth-order valence-electron chi connectivity index (χ4n) is 2.93. The van der Waals surface area contributed by atoms with E-state index in [1.165, 1.54) is 17.3 Å². The number of amides is 1. The van der Waals surface area contributed by atoms with Gasteiger partial charge in [-0.05, 0) is 29.5 Å². The van der Waals surface area contributed by atoms with E-state index in [0.717, 1.165) is 5.56 Å². The number of aromatic nitrogens is 2. The van der Waals surface area contributed by atoms with E-state index in [4.69, 9.17) is 0 Å². The van der Waals surface area contributed by atoms with Crippen molar-refractivity contribution in [3.8, 4) is 0 Å². The maximum Gasteiger partial charge on any atom is 0.292 e. The van der Waals surface area contributed by atoms with Gasteiger partial charge in [0.05, 0.1) is 11.1 Å². The molecule has 0 atom stereocenters. The third-order valence-electron chi connectivity index (χ3n) is 4.67. The van der Waals surface area contributed by atoms with E-state index in [1.807, 2.05) is 19.1 Å². The van der Waals surface area contributed by atoms with E-state index < -0.39 is 5.91 Å². The van der Waals surface area contributed by atoms with Crippen LogP contribution in [0.4, 0.5) is 0 Å². The molecule has 28 heavy (non-hydrogen) atoms. The van der Waals surface area contributed by atoms with E-state index >= 15 is 0 Å². The molecule has 6 heteroatoms. The molecule has 0 fully saturated rings. The van der Waals surface area contributed by atoms with Crippen molar-refractivity contribution < 1.29 is 4.79 Å². The summed E-state index contributed by atoms with van der Waals surface area (Å²) in [6.07, 6.45) is 0. The highest BCUT2D eigenvalue weighted by atomic mass is 16.2. The van der Waals surface area contributed by atoms with Crippen molar-refractivity contribution in [3.05, 3.63) is 75.7 Å². The first-order chi connectivity index (χ1) is 13.2. The molecule has 0 aliphatic heterocycles. The average molecular weight is 376 g/mol. The molecule has 1 aromatic heterocycles. The SMILES string of the molecule is C/C(=N\NC(=O)c1nn(C)c(=O)c2ccccc12)c1ccc(C(C)(C)C)cc1. The van der Waals surface area contributed by atoms with Gasteiger partial charge in [-0.1, -0.05) is 63.2 Å². The lowest BCUT2D eigenvalue weighted by molar-refractivity contribution is 0.0949. The molecule has 3 rings (SSSR count). The van der Waals surface area contributed by atoms with Crippen molar-refractivity contribution in [2.45, 2.75) is 33.1 Å². The van der Waals surface area contributed by atoms with Crippen LogP contribution in [0.25, 0.3) is 10.8 Å². The van der Waals surface area contributed by atoms with Gasteiger partial charge in [-0.3, -0.25) is 9.59 Å². The number of hydrazone groups is 1. The molecule has 3 aromatic rings. The number of aryl methyl sites for hydroxylation is 1. The fraction of sp³-hybridized carbons (Fsp3) is 0.273. The fourth-order valence-corrected chi connectivity index (χ4v) is 2.93. The summed E-state index contributed by atoms with van der Waals surface area (Å²) in [6, 6.07) is 15.0. The Morgan fingerprint density at radius 3 is 2.25 bits per heavy atom. The first-order valence-electron chi connectivity index (χ1n) is 9.10. The zero-order valence-electron chi connectivity index (χ0n) is 16.8. The molecule has 0 radical (unpaired) electrons. The lowest BCUT2D eigenvalue weighted by Crippen LogP contribution is -2.27. The lowest BCUT2D eigenvalue weighted by Gasteiger charge is -2.19. The Bertz CT molecular complexity index is 1120. The number of carbonyl (C=O) groups is 1. The van der Waals surface area contributed by atoms with E-state index in [-0.39, 0.29) is 16.7 Å². The molecule has 144 valence electrons. The molecule has 1 heterocycles. The zero-order chi connectivity index (χ0) is 20.5. The summed E-state index contributed by atoms with van der Waals surface area (Å²) in [5.41, 5.74) is 5.39. The number of fused-ring (bicyclic) bond motifs is 1. The maximum atomic E-state index is 12.6. The number of carbonyl (C=O) groups excluding carboxylic acids is 1. The van der Waals surface area contributed by atoms with Crippen LogP contribution in [0.1, 0.15) is 49.3 Å². The van der Waals surface area contributed by atoms with Crippen molar-refractivity contribution in [3.63, 3.8) is 0 Å². The molecule has 1 amide bonds. The minimum absolute atomic E-state index is 0.0772. The molecule has 0 saturated heterocycles. The summed E-state index contributed by atoms with van der Waals surface area (Å²) >= 11 is 0. The number of nitrogens with one attached hydrogen (secondary N) is 1. The summed E-state index contributed by atoms with van der Waals surface area (Å²) in [6.45, 7) is 8.31. The first-order valence-corrected chi connectivity index (χ1v) is 9.10. The molecule has 0 aliphatic carbocycles. The summed E-state index contributed by atoms with van der Waals surface area (Å²) in [7, 11) is 1.52. The van der Waals surface area contributed by atoms with Crippen LogP contribution in [0.3, 0.4) is 0 Å². The summed E-state index contributed by atoms with van der Waals surface area (Å²) in [4.78, 5) is 24.8. The number of rotatable bonds is 3. The van der Waals surface area contributed by atoms with Gasteiger partial charge in [-0.25, -0.2) is 10.1 Å². The average Bonchev–Trinajstić information content (AvgIpc) is 2.68. The molecule has 2 aromatic carbocycles. The van der Waals surface area contributed by atoms with Gasteiger partial charge < -0.3 is 0 Å². The minimum Gasteiger partial charge on any atom is -0.267 e. The molecule has 0 spiro atoms. The van der Waals surface area contributed by atoms with Crippen molar-refractivity contribution in [1.82, 2.24) is 15.2 Å². The molecular formula is C22H24N4O2. The molecule has 1 N–H and O–H groups in total. The van der Waals surface area contributed by atoms with Gasteiger partial charge in [0.25, 0.3) is 11.5 Å². The highest BCUT2D eigenvalue weighted by Crippen LogP contribution is 2.22. The second-order valence-electron chi connectivity index (χ2n) is 7.79. The minimum atomic E-state index is -0.461. The van der Waals surface area contributed by atoms with Gasteiger partial charge in [0.1, 0.15) is 0 Å². The van der Waals surface area contributed by atoms with Crippen LogP contribution in [-0.4, -0.2) is 21.4 Å². The summed E-state index contributed by atoms with van der Waals surface area (Å²) in [5.74, 6) is -0.461.